The number of halogens is 2. The van der Waals surface area contributed by atoms with Crippen LogP contribution in [-0.4, -0.2) is 106 Å². The highest BCUT2D eigenvalue weighted by Gasteiger charge is 2.34. The molecule has 0 amide bonds. The molecule has 0 saturated heterocycles. The van der Waals surface area contributed by atoms with Crippen LogP contribution in [0.25, 0.3) is 67.3 Å². The van der Waals surface area contributed by atoms with Gasteiger partial charge in [0.2, 0.25) is 0 Å². The van der Waals surface area contributed by atoms with E-state index in [0.29, 0.717) is 61.8 Å². The molecule has 2 aromatic carbocycles. The lowest BCUT2D eigenvalue weighted by molar-refractivity contribution is 0.0342. The van der Waals surface area contributed by atoms with Gasteiger partial charge >= 0.3 is 0 Å². The van der Waals surface area contributed by atoms with E-state index in [4.69, 9.17) is 9.97 Å². The summed E-state index contributed by atoms with van der Waals surface area (Å²) in [5.41, 5.74) is 8.93. The van der Waals surface area contributed by atoms with Gasteiger partial charge in [-0.3, -0.25) is 18.7 Å². The summed E-state index contributed by atoms with van der Waals surface area (Å²) in [5.74, 6) is 2.19. The second-order valence-electron chi connectivity index (χ2n) is 17.1. The van der Waals surface area contributed by atoms with Crippen LogP contribution in [0.4, 0.5) is 20.4 Å². The highest BCUT2D eigenvalue weighted by molar-refractivity contribution is 5.78. The molecule has 6 aromatic heterocycles. The Balaban J connectivity index is 0.000000166. The second kappa shape index (κ2) is 19.1. The quantitative estimate of drug-likeness (QED) is 0.108. The van der Waals surface area contributed by atoms with E-state index in [1.54, 1.807) is 43.5 Å². The van der Waals surface area contributed by atoms with E-state index in [1.165, 1.54) is 0 Å². The van der Waals surface area contributed by atoms with Crippen LogP contribution in [0.5, 0.6) is 0 Å². The van der Waals surface area contributed by atoms with Crippen LogP contribution in [0.3, 0.4) is 0 Å². The summed E-state index contributed by atoms with van der Waals surface area (Å²) in [6, 6.07) is 15.1. The fraction of sp³-hybridized carbons (Fsp3) is 0.333. The van der Waals surface area contributed by atoms with Gasteiger partial charge in [-0.15, -0.1) is 0 Å². The number of aliphatic hydroxyl groups excluding tert-OH is 2. The number of nitrogens with one attached hydrogen (secondary N) is 2. The van der Waals surface area contributed by atoms with Gasteiger partial charge in [0.1, 0.15) is 36.2 Å². The van der Waals surface area contributed by atoms with Gasteiger partial charge in [0.05, 0.1) is 36.9 Å². The number of alkyl halides is 2. The summed E-state index contributed by atoms with van der Waals surface area (Å²) in [5, 5.41) is 44.4. The Bertz CT molecular complexity index is 2730. The van der Waals surface area contributed by atoms with Crippen molar-refractivity contribution in [1.29, 1.82) is 0 Å². The van der Waals surface area contributed by atoms with Crippen molar-refractivity contribution >= 4 is 11.6 Å². The molecule has 4 N–H and O–H groups in total. The molecule has 6 atom stereocenters. The third-order valence-corrected chi connectivity index (χ3v) is 12.1. The summed E-state index contributed by atoms with van der Waals surface area (Å²) in [6.07, 6.45) is 17.2. The largest absolute Gasteiger partial charge is 0.388 e. The zero-order valence-electron chi connectivity index (χ0n) is 37.1. The first kappa shape index (κ1) is 44.0. The Morgan fingerprint density at radius 1 is 0.485 bits per heavy atom. The third-order valence-electron chi connectivity index (χ3n) is 12.1. The van der Waals surface area contributed by atoms with E-state index < -0.39 is 36.6 Å². The molecule has 0 spiro atoms. The van der Waals surface area contributed by atoms with Crippen molar-refractivity contribution < 1.29 is 19.0 Å². The van der Waals surface area contributed by atoms with E-state index in [-0.39, 0.29) is 0 Å². The molecular weight excluding hydrogens is 843 g/mol. The maximum absolute atomic E-state index is 14.2. The Morgan fingerprint density at radius 3 is 1.21 bits per heavy atom. The van der Waals surface area contributed by atoms with Crippen molar-refractivity contribution in [2.75, 3.05) is 10.6 Å². The summed E-state index contributed by atoms with van der Waals surface area (Å²) in [4.78, 5) is 18.9. The molecule has 0 aliphatic heterocycles. The maximum atomic E-state index is 14.2. The van der Waals surface area contributed by atoms with Crippen molar-refractivity contribution in [2.45, 2.75) is 75.2 Å². The van der Waals surface area contributed by atoms with Gasteiger partial charge in [-0.1, -0.05) is 36.4 Å². The number of anilines is 2. The van der Waals surface area contributed by atoms with Crippen LogP contribution in [0.2, 0.25) is 0 Å². The molecule has 18 heteroatoms. The van der Waals surface area contributed by atoms with Gasteiger partial charge in [-0.25, -0.2) is 28.7 Å². The predicted octanol–water partition coefficient (Wildman–Crippen LogP) is 7.22. The molecule has 2 aliphatic carbocycles. The van der Waals surface area contributed by atoms with Crippen LogP contribution >= 0.6 is 0 Å². The SMILES string of the molecule is Cn1cc(-c2cccc(-c3ncc(-c4cnn(C)c4)c(N[C@@H]4CCC[C@@H](F)[C@@H]4O)n3)c2)cn1.Cn1cc(-c2cccc(-c3ncc(-c4cnn(C)c4)c(N[C@H]4CCC[C@H](F)[C@H]4O)n3)c2)cn1. The number of benzene rings is 2. The number of aryl methyl sites for hydroxylation is 4. The Morgan fingerprint density at radius 2 is 0.848 bits per heavy atom. The smallest absolute Gasteiger partial charge is 0.161 e. The Labute approximate surface area is 380 Å². The lowest BCUT2D eigenvalue weighted by Crippen LogP contribution is -2.43. The molecular formula is C48H52F2N14O2. The molecule has 0 radical (unpaired) electrons. The van der Waals surface area contributed by atoms with E-state index in [1.807, 2.05) is 114 Å². The monoisotopic (exact) mass is 894 g/mol. The van der Waals surface area contributed by atoms with Gasteiger partial charge in [0.15, 0.2) is 11.6 Å². The zero-order valence-corrected chi connectivity index (χ0v) is 37.1. The summed E-state index contributed by atoms with van der Waals surface area (Å²) < 4.78 is 35.3. The van der Waals surface area contributed by atoms with Crippen LogP contribution in [0.15, 0.2) is 110 Å². The predicted molar refractivity (Wildman–Crippen MR) is 248 cm³/mol. The number of aliphatic hydroxyl groups is 2. The standard InChI is InChI=1S/2C24H26FN7O/c2*1-31-13-17(10-27-31)15-5-3-6-16(9-15)23-26-12-19(18-11-28-32(2)14-18)24(30-23)29-21-8-4-7-20(25)22(21)33/h2*3,5-6,9-14,20-22,33H,4,7-8H2,1-2H3,(H,26,29,30)/t2*20-,21-,22+/m10/s1. The Hall–Kier alpha value is -7.18. The van der Waals surface area contributed by atoms with E-state index in [2.05, 4.69) is 41.0 Å². The molecule has 6 heterocycles. The Kier molecular flexibility index (Phi) is 12.8. The van der Waals surface area contributed by atoms with E-state index in [0.717, 1.165) is 55.6 Å². The number of aromatic nitrogens is 12. The highest BCUT2D eigenvalue weighted by atomic mass is 19.1. The van der Waals surface area contributed by atoms with Crippen molar-refractivity contribution in [1.82, 2.24) is 59.1 Å². The first-order valence-electron chi connectivity index (χ1n) is 22.0. The molecule has 2 fully saturated rings. The molecule has 66 heavy (non-hydrogen) atoms. The second-order valence-corrected chi connectivity index (χ2v) is 17.1. The molecule has 8 aromatic rings. The minimum Gasteiger partial charge on any atom is -0.388 e. The number of nitrogens with zero attached hydrogens (tertiary/aromatic N) is 12. The molecule has 2 saturated carbocycles. The average Bonchev–Trinajstić information content (AvgIpc) is 4.16. The maximum Gasteiger partial charge on any atom is 0.161 e. The molecule has 0 bridgehead atoms. The minimum absolute atomic E-state index is 0.380. The lowest BCUT2D eigenvalue weighted by Gasteiger charge is -2.31. The van der Waals surface area contributed by atoms with E-state index in [9.17, 15) is 19.0 Å². The molecule has 16 nitrogen and oxygen atoms in total. The fourth-order valence-corrected chi connectivity index (χ4v) is 8.54. The number of rotatable bonds is 10. The van der Waals surface area contributed by atoms with Crippen LogP contribution in [-0.2, 0) is 28.2 Å². The average molecular weight is 895 g/mol. The molecule has 10 rings (SSSR count). The van der Waals surface area contributed by atoms with Gasteiger partial charge in [0.25, 0.3) is 0 Å². The summed E-state index contributed by atoms with van der Waals surface area (Å²) in [6.45, 7) is 0. The van der Waals surface area contributed by atoms with Crippen molar-refractivity contribution in [3.63, 3.8) is 0 Å². The minimum atomic E-state index is -1.24. The van der Waals surface area contributed by atoms with Gasteiger partial charge in [-0.05, 0) is 61.8 Å². The van der Waals surface area contributed by atoms with Crippen LogP contribution < -0.4 is 10.6 Å². The van der Waals surface area contributed by atoms with Crippen LogP contribution in [0, 0.1) is 0 Å². The van der Waals surface area contributed by atoms with Crippen molar-refractivity contribution in [3.8, 4) is 67.3 Å². The highest BCUT2D eigenvalue weighted by Crippen LogP contribution is 2.35. The number of hydrogen-bond acceptors (Lipinski definition) is 12. The van der Waals surface area contributed by atoms with Crippen molar-refractivity contribution in [3.05, 3.63) is 110 Å². The molecule has 2 aliphatic rings. The van der Waals surface area contributed by atoms with Gasteiger partial charge in [-0.2, -0.15) is 20.4 Å². The normalized spacial score (nSPS) is 20.7. The third kappa shape index (κ3) is 9.74. The van der Waals surface area contributed by atoms with Crippen molar-refractivity contribution in [2.24, 2.45) is 28.2 Å². The van der Waals surface area contributed by atoms with E-state index >= 15 is 0 Å². The molecule has 340 valence electrons. The summed E-state index contributed by atoms with van der Waals surface area (Å²) in [7, 11) is 7.45. The topological polar surface area (TPSA) is 187 Å². The first-order chi connectivity index (χ1) is 31.9. The summed E-state index contributed by atoms with van der Waals surface area (Å²) >= 11 is 0. The van der Waals surface area contributed by atoms with Crippen LogP contribution in [0.1, 0.15) is 38.5 Å². The fourth-order valence-electron chi connectivity index (χ4n) is 8.54. The van der Waals surface area contributed by atoms with Gasteiger partial charge in [0, 0.05) is 110 Å². The molecule has 0 unspecified atom stereocenters. The first-order valence-corrected chi connectivity index (χ1v) is 22.0. The zero-order chi connectivity index (χ0) is 45.9. The van der Waals surface area contributed by atoms with Gasteiger partial charge < -0.3 is 20.8 Å². The lowest BCUT2D eigenvalue weighted by atomic mass is 9.91. The number of hydrogen-bond donors (Lipinski definition) is 4.